The second-order valence-electron chi connectivity index (χ2n) is 3.57. The number of hydrogen-bond donors (Lipinski definition) is 4. The van der Waals surface area contributed by atoms with Gasteiger partial charge in [-0.15, -0.1) is 0 Å². The van der Waals surface area contributed by atoms with Gasteiger partial charge in [0.05, 0.1) is 0 Å². The topological polar surface area (TPSA) is 119 Å². The van der Waals surface area contributed by atoms with E-state index in [1.807, 2.05) is 0 Å². The van der Waals surface area contributed by atoms with Crippen LogP contribution in [0.25, 0.3) is 0 Å². The van der Waals surface area contributed by atoms with Crippen molar-refractivity contribution >= 4 is 23.5 Å². The van der Waals surface area contributed by atoms with E-state index in [2.05, 4.69) is 27.5 Å². The van der Waals surface area contributed by atoms with Gasteiger partial charge in [0.2, 0.25) is 11.9 Å². The van der Waals surface area contributed by atoms with Crippen LogP contribution < -0.4 is 22.1 Å². The summed E-state index contributed by atoms with van der Waals surface area (Å²) in [5.74, 6) is 1.08. The van der Waals surface area contributed by atoms with Crippen LogP contribution in [0.4, 0.5) is 17.6 Å². The fraction of sp³-hybridized carbons (Fsp3) is 0.500. The first-order valence-corrected chi connectivity index (χ1v) is 5.52. The van der Waals surface area contributed by atoms with Crippen LogP contribution in [0.1, 0.15) is 19.8 Å². The zero-order chi connectivity index (χ0) is 12.7. The summed E-state index contributed by atoms with van der Waals surface area (Å²) >= 11 is 0. The molecule has 6 N–H and O–H groups in total. The Hall–Kier alpha value is -2.05. The summed E-state index contributed by atoms with van der Waals surface area (Å²) in [4.78, 5) is 18.6. The Morgan fingerprint density at radius 3 is 2.41 bits per heavy atom. The maximum absolute atomic E-state index is 10.6. The normalized spacial score (nSPS) is 9.94. The lowest BCUT2D eigenvalue weighted by Gasteiger charge is -2.08. The third kappa shape index (κ3) is 5.01. The largest absolute Gasteiger partial charge is 0.370 e. The minimum atomic E-state index is -0.358. The van der Waals surface area contributed by atoms with E-state index in [1.165, 1.54) is 0 Å². The highest BCUT2D eigenvalue weighted by Gasteiger charge is 2.02. The van der Waals surface area contributed by atoms with Crippen molar-refractivity contribution in [3.8, 4) is 0 Å². The predicted octanol–water partition coefficient (Wildman–Crippen LogP) is 0.168. The van der Waals surface area contributed by atoms with Crippen molar-refractivity contribution in [3.05, 3.63) is 6.07 Å². The van der Waals surface area contributed by atoms with Crippen molar-refractivity contribution in [2.75, 3.05) is 29.5 Å². The Balaban J connectivity index is 2.58. The highest BCUT2D eigenvalue weighted by molar-refractivity contribution is 5.74. The van der Waals surface area contributed by atoms with E-state index < -0.39 is 0 Å². The Morgan fingerprint density at radius 2 is 1.88 bits per heavy atom. The van der Waals surface area contributed by atoms with E-state index in [0.29, 0.717) is 18.2 Å². The van der Waals surface area contributed by atoms with Crippen LogP contribution in [0.5, 0.6) is 0 Å². The number of nitrogens with zero attached hydrogens (tertiary/aromatic N) is 2. The number of amides is 1. The average molecular weight is 238 g/mol. The van der Waals surface area contributed by atoms with Gasteiger partial charge in [-0.25, -0.2) is 0 Å². The van der Waals surface area contributed by atoms with Crippen LogP contribution in [0.3, 0.4) is 0 Å². The summed E-state index contributed by atoms with van der Waals surface area (Å²) in [7, 11) is 0. The van der Waals surface area contributed by atoms with Crippen LogP contribution in [0.2, 0.25) is 0 Å². The number of nitrogen functional groups attached to an aromatic ring is 1. The van der Waals surface area contributed by atoms with Gasteiger partial charge < -0.3 is 22.1 Å². The molecule has 94 valence electrons. The fourth-order valence-corrected chi connectivity index (χ4v) is 1.21. The number of anilines is 3. The second-order valence-corrected chi connectivity index (χ2v) is 3.57. The summed E-state index contributed by atoms with van der Waals surface area (Å²) in [5.41, 5.74) is 10.6. The third-order valence-corrected chi connectivity index (χ3v) is 1.98. The third-order valence-electron chi connectivity index (χ3n) is 1.98. The zero-order valence-corrected chi connectivity index (χ0v) is 9.86. The molecule has 0 bridgehead atoms. The molecule has 0 aliphatic rings. The number of hydrogen-bond acceptors (Lipinski definition) is 6. The number of carbonyl (C=O) groups is 1. The number of rotatable bonds is 7. The molecule has 1 amide bonds. The van der Waals surface area contributed by atoms with Crippen LogP contribution in [0.15, 0.2) is 6.07 Å². The lowest BCUT2D eigenvalue weighted by atomic mass is 10.4. The van der Waals surface area contributed by atoms with Crippen LogP contribution in [-0.4, -0.2) is 29.0 Å². The molecule has 0 saturated heterocycles. The Labute approximate surface area is 100 Å². The number of aromatic nitrogens is 2. The van der Waals surface area contributed by atoms with Gasteiger partial charge in [0.1, 0.15) is 11.6 Å². The number of primary amides is 1. The van der Waals surface area contributed by atoms with Gasteiger partial charge in [0.25, 0.3) is 0 Å². The van der Waals surface area contributed by atoms with Crippen molar-refractivity contribution in [2.45, 2.75) is 19.8 Å². The molecule has 7 nitrogen and oxygen atoms in total. The molecule has 1 rings (SSSR count). The van der Waals surface area contributed by atoms with Crippen molar-refractivity contribution in [3.63, 3.8) is 0 Å². The monoisotopic (exact) mass is 238 g/mol. The minimum absolute atomic E-state index is 0.188. The van der Waals surface area contributed by atoms with Gasteiger partial charge in [-0.1, -0.05) is 6.92 Å². The first-order chi connectivity index (χ1) is 8.11. The molecule has 0 saturated carbocycles. The molecule has 0 aliphatic carbocycles. The molecule has 0 aliphatic heterocycles. The molecule has 0 atom stereocenters. The average Bonchev–Trinajstić information content (AvgIpc) is 2.25. The predicted molar refractivity (Wildman–Crippen MR) is 67.5 cm³/mol. The maximum atomic E-state index is 10.6. The van der Waals surface area contributed by atoms with Crippen LogP contribution in [-0.2, 0) is 4.79 Å². The van der Waals surface area contributed by atoms with Gasteiger partial charge in [-0.05, 0) is 6.42 Å². The zero-order valence-electron chi connectivity index (χ0n) is 9.86. The summed E-state index contributed by atoms with van der Waals surface area (Å²) in [5, 5.41) is 6.07. The molecule has 1 aromatic heterocycles. The molecule has 0 spiro atoms. The molecule has 0 fully saturated rings. The first-order valence-electron chi connectivity index (χ1n) is 5.52. The fourth-order valence-electron chi connectivity index (χ4n) is 1.21. The van der Waals surface area contributed by atoms with Gasteiger partial charge in [0, 0.05) is 25.6 Å². The van der Waals surface area contributed by atoms with E-state index in [1.54, 1.807) is 6.07 Å². The van der Waals surface area contributed by atoms with Crippen molar-refractivity contribution in [2.24, 2.45) is 5.73 Å². The molecular weight excluding hydrogens is 220 g/mol. The summed E-state index contributed by atoms with van der Waals surface area (Å²) in [6, 6.07) is 1.74. The van der Waals surface area contributed by atoms with Crippen LogP contribution >= 0.6 is 0 Å². The molecule has 1 heterocycles. The van der Waals surface area contributed by atoms with E-state index in [-0.39, 0.29) is 18.3 Å². The molecule has 1 aromatic rings. The lowest BCUT2D eigenvalue weighted by molar-refractivity contribution is -0.117. The first kappa shape index (κ1) is 13.0. The molecule has 0 radical (unpaired) electrons. The molecule has 0 aromatic carbocycles. The number of nitrogens with one attached hydrogen (secondary N) is 2. The highest BCUT2D eigenvalue weighted by atomic mass is 16.1. The van der Waals surface area contributed by atoms with Crippen molar-refractivity contribution in [1.29, 1.82) is 0 Å². The van der Waals surface area contributed by atoms with E-state index in [0.717, 1.165) is 13.0 Å². The molecule has 7 heteroatoms. The van der Waals surface area contributed by atoms with Crippen molar-refractivity contribution in [1.82, 2.24) is 9.97 Å². The van der Waals surface area contributed by atoms with E-state index in [4.69, 9.17) is 11.5 Å². The minimum Gasteiger partial charge on any atom is -0.370 e. The SMILES string of the molecule is CCCNc1cc(NCCC(N)=O)nc(N)n1. The summed E-state index contributed by atoms with van der Waals surface area (Å²) < 4.78 is 0. The Bertz CT molecular complexity index is 381. The Morgan fingerprint density at radius 1 is 1.29 bits per heavy atom. The van der Waals surface area contributed by atoms with Gasteiger partial charge in [-0.3, -0.25) is 4.79 Å². The smallest absolute Gasteiger partial charge is 0.223 e. The van der Waals surface area contributed by atoms with Gasteiger partial charge in [0.15, 0.2) is 0 Å². The molecule has 17 heavy (non-hydrogen) atoms. The maximum Gasteiger partial charge on any atom is 0.223 e. The molecule has 0 unspecified atom stereocenters. The number of nitrogens with two attached hydrogens (primary N) is 2. The van der Waals surface area contributed by atoms with E-state index >= 15 is 0 Å². The lowest BCUT2D eigenvalue weighted by Crippen LogP contribution is -2.16. The standard InChI is InChI=1S/C10H18N6O/c1-2-4-13-8-6-9(16-10(12)15-8)14-5-3-7(11)17/h6H,2-5H2,1H3,(H2,11,17)(H4,12,13,14,15,16). The van der Waals surface area contributed by atoms with Gasteiger partial charge >= 0.3 is 0 Å². The van der Waals surface area contributed by atoms with Gasteiger partial charge in [-0.2, -0.15) is 9.97 Å². The molecular formula is C10H18N6O. The summed E-state index contributed by atoms with van der Waals surface area (Å²) in [6.45, 7) is 3.31. The number of carbonyl (C=O) groups excluding carboxylic acids is 1. The van der Waals surface area contributed by atoms with Crippen LogP contribution in [0, 0.1) is 0 Å². The van der Waals surface area contributed by atoms with E-state index in [9.17, 15) is 4.79 Å². The quantitative estimate of drug-likeness (QED) is 0.537. The second kappa shape index (κ2) is 6.51. The van der Waals surface area contributed by atoms with Crippen molar-refractivity contribution < 1.29 is 4.79 Å². The highest BCUT2D eigenvalue weighted by Crippen LogP contribution is 2.12. The Kier molecular flexibility index (Phi) is 4.99. The summed E-state index contributed by atoms with van der Waals surface area (Å²) in [6.07, 6.45) is 1.25.